The van der Waals surface area contributed by atoms with Gasteiger partial charge in [0, 0.05) is 44.2 Å². The van der Waals surface area contributed by atoms with Gasteiger partial charge < -0.3 is 14.4 Å². The van der Waals surface area contributed by atoms with Gasteiger partial charge in [-0.15, -0.1) is 0 Å². The number of aromatic nitrogens is 3. The third kappa shape index (κ3) is 3.80. The molecule has 0 radical (unpaired) electrons. The van der Waals surface area contributed by atoms with Gasteiger partial charge in [0.2, 0.25) is 0 Å². The Bertz CT molecular complexity index is 1120. The zero-order valence-corrected chi connectivity index (χ0v) is 19.0. The number of amides is 1. The number of hydrogen-bond acceptors (Lipinski definition) is 5. The molecule has 0 N–H and O–H groups in total. The van der Waals surface area contributed by atoms with Gasteiger partial charge in [-0.05, 0) is 26.8 Å². The van der Waals surface area contributed by atoms with E-state index in [2.05, 4.69) is 18.9 Å². The van der Waals surface area contributed by atoms with E-state index in [1.165, 1.54) is 0 Å². The van der Waals surface area contributed by atoms with Crippen LogP contribution in [-0.4, -0.2) is 63.6 Å². The van der Waals surface area contributed by atoms with Crippen LogP contribution in [0.25, 0.3) is 22.3 Å². The normalized spacial score (nSPS) is 20.9. The number of pyridine rings is 1. The largest absolute Gasteiger partial charge is 0.381 e. The summed E-state index contributed by atoms with van der Waals surface area (Å²) in [4.78, 5) is 20.8. The van der Waals surface area contributed by atoms with Crippen LogP contribution in [0.15, 0.2) is 42.6 Å². The third-order valence-corrected chi connectivity index (χ3v) is 6.45. The van der Waals surface area contributed by atoms with Gasteiger partial charge in [0.1, 0.15) is 0 Å². The zero-order chi connectivity index (χ0) is 22.3. The second-order valence-electron chi connectivity index (χ2n) is 9.25. The maximum atomic E-state index is 13.9. The summed E-state index contributed by atoms with van der Waals surface area (Å²) in [6.45, 7) is 8.70. The van der Waals surface area contributed by atoms with Crippen LogP contribution in [0.5, 0.6) is 0 Å². The fourth-order valence-corrected chi connectivity index (χ4v) is 4.90. The molecule has 2 aliphatic heterocycles. The first kappa shape index (κ1) is 21.1. The van der Waals surface area contributed by atoms with Gasteiger partial charge in [0.15, 0.2) is 5.65 Å². The Hall–Kier alpha value is -2.77. The molecule has 2 aliphatic rings. The minimum Gasteiger partial charge on any atom is -0.381 e. The van der Waals surface area contributed by atoms with E-state index in [-0.39, 0.29) is 23.7 Å². The molecule has 5 rings (SSSR count). The molecule has 0 aliphatic carbocycles. The predicted octanol–water partition coefficient (Wildman–Crippen LogP) is 4.09. The van der Waals surface area contributed by atoms with E-state index in [0.29, 0.717) is 31.9 Å². The lowest BCUT2D eigenvalue weighted by Crippen LogP contribution is -2.58. The average Bonchev–Trinajstić information content (AvgIpc) is 3.23. The summed E-state index contributed by atoms with van der Waals surface area (Å²) in [6, 6.07) is 12.1. The van der Waals surface area contributed by atoms with Crippen LogP contribution in [0, 0.1) is 0 Å². The van der Waals surface area contributed by atoms with Gasteiger partial charge in [-0.25, -0.2) is 9.67 Å². The lowest BCUT2D eigenvalue weighted by atomic mass is 9.90. The minimum atomic E-state index is -0.317. The van der Waals surface area contributed by atoms with Crippen LogP contribution in [-0.2, 0) is 9.47 Å². The SMILES string of the molecule is CC1CN(C(=O)c2cc(-c3ccccc3)nc3c2cnn3C(C)C)CC2(CCOCC2)O1. The summed E-state index contributed by atoms with van der Waals surface area (Å²) in [7, 11) is 0. The van der Waals surface area contributed by atoms with E-state index in [0.717, 1.165) is 35.1 Å². The van der Waals surface area contributed by atoms with Crippen LogP contribution in [0.4, 0.5) is 0 Å². The highest BCUT2D eigenvalue weighted by Crippen LogP contribution is 2.33. The Morgan fingerprint density at radius 3 is 2.66 bits per heavy atom. The second-order valence-corrected chi connectivity index (χ2v) is 9.25. The first-order valence-corrected chi connectivity index (χ1v) is 11.4. The van der Waals surface area contributed by atoms with E-state index in [1.807, 2.05) is 52.9 Å². The van der Waals surface area contributed by atoms with E-state index in [9.17, 15) is 4.79 Å². The van der Waals surface area contributed by atoms with E-state index < -0.39 is 0 Å². The average molecular weight is 435 g/mol. The summed E-state index contributed by atoms with van der Waals surface area (Å²) < 4.78 is 13.8. The van der Waals surface area contributed by atoms with E-state index >= 15 is 0 Å². The highest BCUT2D eigenvalue weighted by molar-refractivity contribution is 6.06. The third-order valence-electron chi connectivity index (χ3n) is 6.45. The second kappa shape index (κ2) is 8.30. The van der Waals surface area contributed by atoms with Gasteiger partial charge in [0.25, 0.3) is 5.91 Å². The molecule has 1 amide bonds. The van der Waals surface area contributed by atoms with Crippen molar-refractivity contribution in [2.24, 2.45) is 0 Å². The van der Waals surface area contributed by atoms with Crippen molar-refractivity contribution in [2.45, 2.75) is 51.4 Å². The van der Waals surface area contributed by atoms with Crippen LogP contribution in [0.2, 0.25) is 0 Å². The highest BCUT2D eigenvalue weighted by atomic mass is 16.5. The quantitative estimate of drug-likeness (QED) is 0.621. The van der Waals surface area contributed by atoms with Crippen LogP contribution in [0.1, 0.15) is 50.0 Å². The molecule has 0 saturated carbocycles. The predicted molar refractivity (Wildman–Crippen MR) is 123 cm³/mol. The highest BCUT2D eigenvalue weighted by Gasteiger charge is 2.42. The first-order valence-electron chi connectivity index (χ1n) is 11.4. The fourth-order valence-electron chi connectivity index (χ4n) is 4.90. The molecule has 3 aromatic rings. The molecule has 1 atom stereocenters. The van der Waals surface area contributed by atoms with Crippen LogP contribution in [0.3, 0.4) is 0 Å². The van der Waals surface area contributed by atoms with Crippen LogP contribution < -0.4 is 0 Å². The maximum Gasteiger partial charge on any atom is 0.254 e. The molecule has 2 fully saturated rings. The van der Waals surface area contributed by atoms with Crippen molar-refractivity contribution in [3.05, 3.63) is 48.2 Å². The Labute approximate surface area is 188 Å². The summed E-state index contributed by atoms with van der Waals surface area (Å²) in [5, 5.41) is 5.35. The minimum absolute atomic E-state index is 0.0129. The molecule has 168 valence electrons. The van der Waals surface area contributed by atoms with E-state index in [4.69, 9.17) is 14.5 Å². The lowest BCUT2D eigenvalue weighted by Gasteiger charge is -2.47. The van der Waals surface area contributed by atoms with Gasteiger partial charge in [-0.2, -0.15) is 5.10 Å². The van der Waals surface area contributed by atoms with Crippen molar-refractivity contribution in [3.63, 3.8) is 0 Å². The smallest absolute Gasteiger partial charge is 0.254 e. The van der Waals surface area contributed by atoms with Crippen molar-refractivity contribution in [1.29, 1.82) is 0 Å². The standard InChI is InChI=1S/C25H30N4O3/c1-17(2)29-23-21(14-26-29)20(13-22(27-23)19-7-5-4-6-8-19)24(30)28-15-18(3)32-25(16-28)9-11-31-12-10-25/h4-8,13-14,17-18H,9-12,15-16H2,1-3H3. The molecule has 1 spiro atoms. The zero-order valence-electron chi connectivity index (χ0n) is 19.0. The molecule has 1 aromatic carbocycles. The topological polar surface area (TPSA) is 69.5 Å². The maximum absolute atomic E-state index is 13.9. The molecule has 2 saturated heterocycles. The number of carbonyl (C=O) groups excluding carboxylic acids is 1. The van der Waals surface area contributed by atoms with Crippen LogP contribution >= 0.6 is 0 Å². The lowest BCUT2D eigenvalue weighted by molar-refractivity contribution is -0.176. The van der Waals surface area contributed by atoms with Crippen molar-refractivity contribution in [1.82, 2.24) is 19.7 Å². The Morgan fingerprint density at radius 1 is 1.19 bits per heavy atom. The van der Waals surface area contributed by atoms with Crippen molar-refractivity contribution in [3.8, 4) is 11.3 Å². The molecular formula is C25H30N4O3. The first-order chi connectivity index (χ1) is 15.5. The molecule has 32 heavy (non-hydrogen) atoms. The Morgan fingerprint density at radius 2 is 1.94 bits per heavy atom. The summed E-state index contributed by atoms with van der Waals surface area (Å²) in [5.41, 5.74) is 2.84. The molecule has 7 nitrogen and oxygen atoms in total. The molecule has 0 bridgehead atoms. The Kier molecular flexibility index (Phi) is 5.47. The van der Waals surface area contributed by atoms with Crippen molar-refractivity contribution >= 4 is 16.9 Å². The van der Waals surface area contributed by atoms with Gasteiger partial charge >= 0.3 is 0 Å². The summed E-state index contributed by atoms with van der Waals surface area (Å²) in [6.07, 6.45) is 3.38. The van der Waals surface area contributed by atoms with Gasteiger partial charge in [0.05, 0.1) is 41.1 Å². The Balaban J connectivity index is 1.58. The molecule has 7 heteroatoms. The number of hydrogen-bond donors (Lipinski definition) is 0. The van der Waals surface area contributed by atoms with Gasteiger partial charge in [-0.1, -0.05) is 30.3 Å². The van der Waals surface area contributed by atoms with E-state index in [1.54, 1.807) is 6.20 Å². The van der Waals surface area contributed by atoms with Gasteiger partial charge in [-0.3, -0.25) is 4.79 Å². The molecule has 4 heterocycles. The number of fused-ring (bicyclic) bond motifs is 1. The molecule has 1 unspecified atom stereocenters. The number of morpholine rings is 1. The summed E-state index contributed by atoms with van der Waals surface area (Å²) in [5.74, 6) is 0.0129. The molecular weight excluding hydrogens is 404 g/mol. The van der Waals surface area contributed by atoms with Crippen molar-refractivity contribution < 1.29 is 14.3 Å². The monoisotopic (exact) mass is 434 g/mol. The number of rotatable bonds is 3. The number of ether oxygens (including phenoxy) is 2. The van der Waals surface area contributed by atoms with Crippen molar-refractivity contribution in [2.75, 3.05) is 26.3 Å². The molecule has 2 aromatic heterocycles. The fraction of sp³-hybridized carbons (Fsp3) is 0.480. The summed E-state index contributed by atoms with van der Waals surface area (Å²) >= 11 is 0. The number of benzene rings is 1. The number of carbonyl (C=O) groups is 1. The number of nitrogens with zero attached hydrogens (tertiary/aromatic N) is 4.